The van der Waals surface area contributed by atoms with Crippen LogP contribution < -0.4 is 29.6 Å². The third-order valence-electron chi connectivity index (χ3n) is 2.16. The zero-order chi connectivity index (χ0) is 13.0. The first-order chi connectivity index (χ1) is 8.55. The van der Waals surface area contributed by atoms with Gasteiger partial charge in [0.2, 0.25) is 0 Å². The molecule has 0 radical (unpaired) electrons. The molecule has 2 aromatic carbocycles. The van der Waals surface area contributed by atoms with Crippen molar-refractivity contribution in [1.29, 1.82) is 0 Å². The van der Waals surface area contributed by atoms with E-state index in [0.717, 1.165) is 0 Å². The van der Waals surface area contributed by atoms with Gasteiger partial charge < -0.3 is 4.55 Å². The van der Waals surface area contributed by atoms with E-state index in [4.69, 9.17) is 0 Å². The molecule has 0 N–H and O–H groups in total. The molecule has 0 saturated carbocycles. The smallest absolute Gasteiger partial charge is 0.744 e. The molecule has 92 valence electrons. The SMILES string of the molecule is O=S(=O)([O-])c1ccc(N=Nc2ccccc2)cc1.[Na+]. The summed E-state index contributed by atoms with van der Waals surface area (Å²) in [6.07, 6.45) is 0. The number of nitrogens with zero attached hydrogens (tertiary/aromatic N) is 2. The van der Waals surface area contributed by atoms with E-state index in [1.807, 2.05) is 18.2 Å². The maximum Gasteiger partial charge on any atom is 1.00 e. The van der Waals surface area contributed by atoms with Gasteiger partial charge in [-0.1, -0.05) is 18.2 Å². The van der Waals surface area contributed by atoms with Crippen LogP contribution in [0.4, 0.5) is 11.4 Å². The van der Waals surface area contributed by atoms with Gasteiger partial charge in [0.15, 0.2) is 0 Å². The fourth-order valence-corrected chi connectivity index (χ4v) is 1.76. The van der Waals surface area contributed by atoms with Crippen LogP contribution in [-0.2, 0) is 10.1 Å². The summed E-state index contributed by atoms with van der Waals surface area (Å²) in [5, 5.41) is 7.89. The van der Waals surface area contributed by atoms with Gasteiger partial charge >= 0.3 is 29.6 Å². The summed E-state index contributed by atoms with van der Waals surface area (Å²) in [6.45, 7) is 0. The Kier molecular flexibility index (Phi) is 5.84. The van der Waals surface area contributed by atoms with Gasteiger partial charge in [-0.15, -0.1) is 0 Å². The van der Waals surface area contributed by atoms with Crippen molar-refractivity contribution in [2.75, 3.05) is 0 Å². The van der Waals surface area contributed by atoms with Crippen molar-refractivity contribution in [2.45, 2.75) is 4.90 Å². The zero-order valence-corrected chi connectivity index (χ0v) is 13.0. The fraction of sp³-hybridized carbons (Fsp3) is 0. The predicted molar refractivity (Wildman–Crippen MR) is 65.0 cm³/mol. The Bertz CT molecular complexity index is 655. The summed E-state index contributed by atoms with van der Waals surface area (Å²) >= 11 is 0. The molecule has 0 aliphatic rings. The molecule has 0 fully saturated rings. The van der Waals surface area contributed by atoms with E-state index in [-0.39, 0.29) is 34.5 Å². The van der Waals surface area contributed by atoms with Gasteiger partial charge in [0.1, 0.15) is 10.1 Å². The molecule has 0 heterocycles. The summed E-state index contributed by atoms with van der Waals surface area (Å²) in [4.78, 5) is -0.277. The molecule has 0 saturated heterocycles. The van der Waals surface area contributed by atoms with E-state index in [0.29, 0.717) is 11.4 Å². The van der Waals surface area contributed by atoms with Crippen LogP contribution in [0.15, 0.2) is 69.7 Å². The average molecular weight is 284 g/mol. The van der Waals surface area contributed by atoms with Crippen molar-refractivity contribution < 1.29 is 42.5 Å². The van der Waals surface area contributed by atoms with E-state index in [9.17, 15) is 13.0 Å². The molecular formula is C12H9N2NaO3S. The number of hydrogen-bond acceptors (Lipinski definition) is 5. The molecular weight excluding hydrogens is 275 g/mol. The van der Waals surface area contributed by atoms with Gasteiger partial charge in [-0.3, -0.25) is 0 Å². The Morgan fingerprint density at radius 3 is 1.74 bits per heavy atom. The van der Waals surface area contributed by atoms with Crippen molar-refractivity contribution in [3.8, 4) is 0 Å². The second-order valence-corrected chi connectivity index (χ2v) is 4.86. The Morgan fingerprint density at radius 2 is 1.26 bits per heavy atom. The minimum atomic E-state index is -4.41. The standard InChI is InChI=1S/C12H10N2O3S.Na/c15-18(16,17)12-8-6-11(7-9-12)14-13-10-4-2-1-3-5-10;/h1-9H,(H,15,16,17);/q;+1/p-1. The molecule has 2 aromatic rings. The number of rotatable bonds is 3. The molecule has 0 amide bonds. The maximum atomic E-state index is 10.7. The molecule has 0 aliphatic carbocycles. The van der Waals surface area contributed by atoms with Crippen molar-refractivity contribution in [2.24, 2.45) is 10.2 Å². The van der Waals surface area contributed by atoms with E-state index >= 15 is 0 Å². The largest absolute Gasteiger partial charge is 1.00 e. The molecule has 19 heavy (non-hydrogen) atoms. The zero-order valence-electron chi connectivity index (χ0n) is 10.2. The van der Waals surface area contributed by atoms with Crippen LogP contribution in [0.3, 0.4) is 0 Å². The first-order valence-corrected chi connectivity index (χ1v) is 6.49. The molecule has 0 atom stereocenters. The van der Waals surface area contributed by atoms with E-state index in [1.54, 1.807) is 12.1 Å². The van der Waals surface area contributed by atoms with Crippen molar-refractivity contribution in [1.82, 2.24) is 0 Å². The molecule has 5 nitrogen and oxygen atoms in total. The summed E-state index contributed by atoms with van der Waals surface area (Å²) in [6, 6.07) is 14.4. The number of hydrogen-bond donors (Lipinski definition) is 0. The summed E-state index contributed by atoms with van der Waals surface area (Å²) < 4.78 is 32.1. The second kappa shape index (κ2) is 6.93. The Balaban J connectivity index is 0.00000180. The van der Waals surface area contributed by atoms with Gasteiger partial charge in [0.05, 0.1) is 16.3 Å². The topological polar surface area (TPSA) is 81.9 Å². The molecule has 0 unspecified atom stereocenters. The van der Waals surface area contributed by atoms with Crippen LogP contribution in [0, 0.1) is 0 Å². The molecule has 0 spiro atoms. The van der Waals surface area contributed by atoms with E-state index in [1.165, 1.54) is 24.3 Å². The number of azo groups is 1. The van der Waals surface area contributed by atoms with Gasteiger partial charge in [-0.2, -0.15) is 10.2 Å². The molecule has 2 rings (SSSR count). The summed E-state index contributed by atoms with van der Waals surface area (Å²) in [7, 11) is -4.41. The maximum absolute atomic E-state index is 10.7. The van der Waals surface area contributed by atoms with Crippen LogP contribution in [-0.4, -0.2) is 13.0 Å². The fourth-order valence-electron chi connectivity index (χ4n) is 1.29. The van der Waals surface area contributed by atoms with Crippen LogP contribution in [0.1, 0.15) is 0 Å². The Hall–Kier alpha value is -1.05. The minimum Gasteiger partial charge on any atom is -0.744 e. The van der Waals surface area contributed by atoms with Gasteiger partial charge in [-0.25, -0.2) is 8.42 Å². The van der Waals surface area contributed by atoms with Crippen LogP contribution in [0.25, 0.3) is 0 Å². The van der Waals surface area contributed by atoms with Gasteiger partial charge in [-0.05, 0) is 36.4 Å². The molecule has 0 aliphatic heterocycles. The van der Waals surface area contributed by atoms with Gasteiger partial charge in [0, 0.05) is 0 Å². The van der Waals surface area contributed by atoms with Gasteiger partial charge in [0.25, 0.3) is 0 Å². The number of benzene rings is 2. The molecule has 7 heteroatoms. The quantitative estimate of drug-likeness (QED) is 0.452. The van der Waals surface area contributed by atoms with Crippen LogP contribution >= 0.6 is 0 Å². The minimum absolute atomic E-state index is 0. The summed E-state index contributed by atoms with van der Waals surface area (Å²) in [5.74, 6) is 0. The predicted octanol–water partition coefficient (Wildman–Crippen LogP) is 0.0101. The van der Waals surface area contributed by atoms with E-state index in [2.05, 4.69) is 10.2 Å². The van der Waals surface area contributed by atoms with Crippen molar-refractivity contribution in [3.05, 3.63) is 54.6 Å². The average Bonchev–Trinajstić information content (AvgIpc) is 2.37. The molecule has 0 bridgehead atoms. The monoisotopic (exact) mass is 284 g/mol. The normalized spacial score (nSPS) is 11.2. The van der Waals surface area contributed by atoms with Crippen LogP contribution in [0.2, 0.25) is 0 Å². The van der Waals surface area contributed by atoms with Crippen molar-refractivity contribution in [3.63, 3.8) is 0 Å². The molecule has 0 aromatic heterocycles. The van der Waals surface area contributed by atoms with Crippen LogP contribution in [0.5, 0.6) is 0 Å². The van der Waals surface area contributed by atoms with Crippen molar-refractivity contribution >= 4 is 21.5 Å². The Labute approximate surface area is 133 Å². The van der Waals surface area contributed by atoms with E-state index < -0.39 is 10.1 Å². The first-order valence-electron chi connectivity index (χ1n) is 5.08. The Morgan fingerprint density at radius 1 is 0.789 bits per heavy atom. The first kappa shape index (κ1) is 16.0. The third-order valence-corrected chi connectivity index (χ3v) is 3.01. The summed E-state index contributed by atoms with van der Waals surface area (Å²) in [5.41, 5.74) is 1.17. The second-order valence-electron chi connectivity index (χ2n) is 3.48. The third kappa shape index (κ3) is 4.85.